The molecule has 0 aliphatic carbocycles. The lowest BCUT2D eigenvalue weighted by atomic mass is 10.1. The van der Waals surface area contributed by atoms with Crippen LogP contribution in [0.3, 0.4) is 0 Å². The Bertz CT molecular complexity index is 1210. The maximum atomic E-state index is 12.9. The number of benzene rings is 2. The van der Waals surface area contributed by atoms with E-state index in [1.807, 2.05) is 12.1 Å². The van der Waals surface area contributed by atoms with Crippen LogP contribution in [-0.2, 0) is 0 Å². The molecule has 0 bridgehead atoms. The van der Waals surface area contributed by atoms with Gasteiger partial charge in [-0.3, -0.25) is 9.59 Å². The lowest BCUT2D eigenvalue weighted by Gasteiger charge is -2.26. The first-order valence-electron chi connectivity index (χ1n) is 11.8. The summed E-state index contributed by atoms with van der Waals surface area (Å²) in [4.78, 5) is 31.5. The van der Waals surface area contributed by atoms with E-state index in [0.717, 1.165) is 48.9 Å². The zero-order chi connectivity index (χ0) is 25.5. The van der Waals surface area contributed by atoms with Crippen molar-refractivity contribution in [2.45, 2.75) is 19.3 Å². The molecule has 11 heteroatoms. The topological polar surface area (TPSA) is 148 Å². The molecule has 1 aromatic heterocycles. The van der Waals surface area contributed by atoms with Gasteiger partial charge >= 0.3 is 0 Å². The molecule has 0 spiro atoms. The van der Waals surface area contributed by atoms with E-state index >= 15 is 0 Å². The summed E-state index contributed by atoms with van der Waals surface area (Å²) in [7, 11) is 1.59. The largest absolute Gasteiger partial charge is 0.497 e. The van der Waals surface area contributed by atoms with Gasteiger partial charge in [0.05, 0.1) is 18.5 Å². The number of carbonyl (C=O) groups excluding carboxylic acids is 2. The molecule has 0 radical (unpaired) electrons. The summed E-state index contributed by atoms with van der Waals surface area (Å²) >= 11 is 1.11. The Morgan fingerprint density at radius 3 is 2.53 bits per heavy atom. The van der Waals surface area contributed by atoms with E-state index in [2.05, 4.69) is 25.8 Å². The molecule has 1 aliphatic rings. The third-order valence-corrected chi connectivity index (χ3v) is 6.82. The molecular weight excluding hydrogens is 478 g/mol. The van der Waals surface area contributed by atoms with Crippen molar-refractivity contribution in [1.29, 1.82) is 0 Å². The monoisotopic (exact) mass is 509 g/mol. The molecule has 2 amide bonds. The van der Waals surface area contributed by atoms with Crippen molar-refractivity contribution in [3.63, 3.8) is 0 Å². The summed E-state index contributed by atoms with van der Waals surface area (Å²) in [6.07, 6.45) is 3.81. The number of nitrogens with zero attached hydrogens (tertiary/aromatic N) is 2. The lowest BCUT2D eigenvalue weighted by Crippen LogP contribution is -2.33. The second-order valence-electron chi connectivity index (χ2n) is 8.50. The number of amides is 2. The Balaban J connectivity index is 1.39. The number of nitrogens with one attached hydrogen (secondary N) is 3. The lowest BCUT2D eigenvalue weighted by molar-refractivity contribution is 0.0997. The van der Waals surface area contributed by atoms with Crippen LogP contribution in [0.25, 0.3) is 0 Å². The van der Waals surface area contributed by atoms with Crippen LogP contribution in [0.5, 0.6) is 5.75 Å². The molecule has 1 saturated heterocycles. The van der Waals surface area contributed by atoms with Gasteiger partial charge in [0, 0.05) is 24.3 Å². The fourth-order valence-electron chi connectivity index (χ4n) is 4.00. The van der Waals surface area contributed by atoms with E-state index in [-0.39, 0.29) is 10.7 Å². The van der Waals surface area contributed by atoms with Gasteiger partial charge in [0.2, 0.25) is 0 Å². The molecule has 2 heterocycles. The Labute approximate surface area is 214 Å². The molecule has 36 heavy (non-hydrogen) atoms. The minimum atomic E-state index is -0.739. The van der Waals surface area contributed by atoms with Gasteiger partial charge in [0.15, 0.2) is 10.8 Å². The molecule has 2 aromatic carbocycles. The predicted octanol–water partition coefficient (Wildman–Crippen LogP) is 3.73. The summed E-state index contributed by atoms with van der Waals surface area (Å²) in [5.74, 6) is -0.436. The number of hydrogen-bond donors (Lipinski definition) is 5. The van der Waals surface area contributed by atoms with Crippen LogP contribution >= 0.6 is 11.3 Å². The molecular formula is C25H31N7O3S. The SMILES string of the molecule is COc1ccc(Nc2nc(C(N)=O)c(NC(=O)c3ccc(NCCN4CCCCC4)c(N)c3)s2)cc1. The number of hydrogen-bond acceptors (Lipinski definition) is 9. The smallest absolute Gasteiger partial charge is 0.270 e. The average molecular weight is 510 g/mol. The zero-order valence-electron chi connectivity index (χ0n) is 20.2. The molecule has 3 aromatic rings. The van der Waals surface area contributed by atoms with Crippen LogP contribution in [0.1, 0.15) is 40.1 Å². The highest BCUT2D eigenvalue weighted by Gasteiger charge is 2.19. The van der Waals surface area contributed by atoms with Gasteiger partial charge in [-0.2, -0.15) is 0 Å². The van der Waals surface area contributed by atoms with Gasteiger partial charge in [0.1, 0.15) is 10.8 Å². The summed E-state index contributed by atoms with van der Waals surface area (Å²) in [5, 5.41) is 9.86. The van der Waals surface area contributed by atoms with Gasteiger partial charge in [0.25, 0.3) is 11.8 Å². The maximum Gasteiger partial charge on any atom is 0.270 e. The van der Waals surface area contributed by atoms with E-state index in [9.17, 15) is 9.59 Å². The van der Waals surface area contributed by atoms with Crippen LogP contribution in [0.4, 0.5) is 27.2 Å². The van der Waals surface area contributed by atoms with Crippen LogP contribution < -0.4 is 32.2 Å². The van der Waals surface area contributed by atoms with Crippen molar-refractivity contribution in [2.75, 3.05) is 55.0 Å². The number of rotatable bonds is 10. The van der Waals surface area contributed by atoms with E-state index in [4.69, 9.17) is 16.2 Å². The highest BCUT2D eigenvalue weighted by molar-refractivity contribution is 7.20. The van der Waals surface area contributed by atoms with Crippen LogP contribution in [0, 0.1) is 0 Å². The Morgan fingerprint density at radius 1 is 1.11 bits per heavy atom. The second kappa shape index (κ2) is 11.7. The first-order chi connectivity index (χ1) is 17.4. The highest BCUT2D eigenvalue weighted by atomic mass is 32.1. The van der Waals surface area contributed by atoms with Crippen molar-refractivity contribution in [3.05, 3.63) is 53.7 Å². The number of thiazole rings is 1. The van der Waals surface area contributed by atoms with Gasteiger partial charge in [-0.15, -0.1) is 0 Å². The number of methoxy groups -OCH3 is 1. The number of nitrogen functional groups attached to an aromatic ring is 1. The number of carbonyl (C=O) groups is 2. The summed E-state index contributed by atoms with van der Waals surface area (Å²) in [6.45, 7) is 4.01. The summed E-state index contributed by atoms with van der Waals surface area (Å²) in [5.41, 5.74) is 14.0. The van der Waals surface area contributed by atoms with Gasteiger partial charge < -0.3 is 37.1 Å². The van der Waals surface area contributed by atoms with E-state index in [1.54, 1.807) is 37.4 Å². The number of piperidine rings is 1. The normalized spacial score (nSPS) is 13.7. The minimum absolute atomic E-state index is 0.0201. The quantitative estimate of drug-likeness (QED) is 0.260. The Morgan fingerprint density at radius 2 is 1.86 bits per heavy atom. The molecule has 1 fully saturated rings. The molecule has 0 saturated carbocycles. The van der Waals surface area contributed by atoms with Crippen molar-refractivity contribution < 1.29 is 14.3 Å². The predicted molar refractivity (Wildman–Crippen MR) is 144 cm³/mol. The number of ether oxygens (including phenoxy) is 1. The Kier molecular flexibility index (Phi) is 8.24. The molecule has 1 aliphatic heterocycles. The molecule has 10 nitrogen and oxygen atoms in total. The standard InChI is InChI=1S/C25H31N7O3S/c1-35-18-8-6-17(7-9-18)29-25-30-21(22(27)33)24(36-25)31-23(34)16-5-10-20(19(26)15-16)28-11-14-32-12-3-2-4-13-32/h5-10,15,28H,2-4,11-14,26H2,1H3,(H2,27,33)(H,29,30)(H,31,34). The number of anilines is 5. The summed E-state index contributed by atoms with van der Waals surface area (Å²) < 4.78 is 5.16. The molecule has 4 rings (SSSR count). The second-order valence-corrected chi connectivity index (χ2v) is 9.50. The fourth-order valence-corrected chi connectivity index (χ4v) is 4.88. The number of nitrogens with two attached hydrogens (primary N) is 2. The Hall–Kier alpha value is -3.83. The van der Waals surface area contributed by atoms with Gasteiger partial charge in [-0.05, 0) is 68.4 Å². The van der Waals surface area contributed by atoms with Crippen molar-refractivity contribution in [2.24, 2.45) is 5.73 Å². The first kappa shape index (κ1) is 25.3. The van der Waals surface area contributed by atoms with Crippen LogP contribution in [-0.4, -0.2) is 55.0 Å². The third-order valence-electron chi connectivity index (χ3n) is 5.93. The highest BCUT2D eigenvalue weighted by Crippen LogP contribution is 2.31. The summed E-state index contributed by atoms with van der Waals surface area (Å²) in [6, 6.07) is 12.3. The molecule has 0 atom stereocenters. The van der Waals surface area contributed by atoms with Crippen molar-refractivity contribution in [3.8, 4) is 5.75 Å². The minimum Gasteiger partial charge on any atom is -0.497 e. The third kappa shape index (κ3) is 6.43. The van der Waals surface area contributed by atoms with E-state index in [0.29, 0.717) is 22.1 Å². The number of likely N-dealkylation sites (tertiary alicyclic amines) is 1. The number of aromatic nitrogens is 1. The average Bonchev–Trinajstić information content (AvgIpc) is 3.28. The van der Waals surface area contributed by atoms with Gasteiger partial charge in [-0.25, -0.2) is 4.98 Å². The van der Waals surface area contributed by atoms with E-state index in [1.165, 1.54) is 19.3 Å². The number of primary amides is 1. The van der Waals surface area contributed by atoms with Crippen molar-refractivity contribution in [1.82, 2.24) is 9.88 Å². The molecule has 7 N–H and O–H groups in total. The maximum absolute atomic E-state index is 12.9. The van der Waals surface area contributed by atoms with Crippen LogP contribution in [0.15, 0.2) is 42.5 Å². The zero-order valence-corrected chi connectivity index (χ0v) is 21.0. The van der Waals surface area contributed by atoms with Gasteiger partial charge in [-0.1, -0.05) is 17.8 Å². The first-order valence-corrected chi connectivity index (χ1v) is 12.6. The molecule has 0 unspecified atom stereocenters. The van der Waals surface area contributed by atoms with E-state index < -0.39 is 11.8 Å². The van der Waals surface area contributed by atoms with Crippen molar-refractivity contribution >= 4 is 50.3 Å². The molecule has 190 valence electrons. The van der Waals surface area contributed by atoms with Crippen LogP contribution in [0.2, 0.25) is 0 Å². The fraction of sp³-hybridized carbons (Fsp3) is 0.320.